The fourth-order valence-corrected chi connectivity index (χ4v) is 4.00. The maximum Gasteiger partial charge on any atom is 0.271 e. The molecule has 0 aliphatic carbocycles. The number of nitrogens with one attached hydrogen (secondary N) is 1. The van der Waals surface area contributed by atoms with E-state index in [0.29, 0.717) is 27.8 Å². The molecule has 0 unspecified atom stereocenters. The number of benzene rings is 2. The lowest BCUT2D eigenvalue weighted by Gasteiger charge is -2.11. The fraction of sp³-hybridized carbons (Fsp3) is 0.136. The second-order valence-corrected chi connectivity index (χ2v) is 7.44. The highest BCUT2D eigenvalue weighted by atomic mass is 32.1. The lowest BCUT2D eigenvalue weighted by atomic mass is 10.1. The van der Waals surface area contributed by atoms with Crippen molar-refractivity contribution in [3.63, 3.8) is 0 Å². The number of nitrogens with zero attached hydrogens (tertiary/aromatic N) is 2. The Morgan fingerprint density at radius 1 is 1.13 bits per heavy atom. The van der Waals surface area contributed by atoms with Crippen molar-refractivity contribution < 1.29 is 14.3 Å². The van der Waals surface area contributed by atoms with E-state index in [-0.39, 0.29) is 5.56 Å². The first-order valence-corrected chi connectivity index (χ1v) is 9.99. The van der Waals surface area contributed by atoms with E-state index in [2.05, 4.69) is 10.3 Å². The van der Waals surface area contributed by atoms with Crippen LogP contribution in [0.4, 0.5) is 5.69 Å². The quantitative estimate of drug-likeness (QED) is 0.527. The second kappa shape index (κ2) is 8.00. The number of thiazole rings is 1. The lowest BCUT2D eigenvalue weighted by molar-refractivity contribution is 0.102. The van der Waals surface area contributed by atoms with Gasteiger partial charge in [0.05, 0.1) is 25.6 Å². The number of amides is 1. The summed E-state index contributed by atoms with van der Waals surface area (Å²) < 4.78 is 12.0. The van der Waals surface area contributed by atoms with Gasteiger partial charge < -0.3 is 14.8 Å². The molecule has 2 aromatic carbocycles. The van der Waals surface area contributed by atoms with Crippen LogP contribution in [0, 0.1) is 6.92 Å². The Morgan fingerprint density at radius 3 is 2.73 bits per heavy atom. The number of carbonyl (C=O) groups is 1. The molecule has 1 N–H and O–H groups in total. The van der Waals surface area contributed by atoms with Gasteiger partial charge in [0.1, 0.15) is 17.1 Å². The molecule has 0 radical (unpaired) electrons. The predicted octanol–water partition coefficient (Wildman–Crippen LogP) is 4.00. The van der Waals surface area contributed by atoms with Crippen LogP contribution in [0.25, 0.3) is 16.2 Å². The van der Waals surface area contributed by atoms with Crippen molar-refractivity contribution in [3.05, 3.63) is 75.5 Å². The third-order valence-corrected chi connectivity index (χ3v) is 5.50. The molecule has 30 heavy (non-hydrogen) atoms. The molecule has 2 aromatic heterocycles. The number of fused-ring (bicyclic) bond motifs is 1. The van der Waals surface area contributed by atoms with E-state index < -0.39 is 11.5 Å². The summed E-state index contributed by atoms with van der Waals surface area (Å²) >= 11 is 1.33. The Morgan fingerprint density at radius 2 is 1.97 bits per heavy atom. The van der Waals surface area contributed by atoms with Gasteiger partial charge >= 0.3 is 0 Å². The van der Waals surface area contributed by atoms with Gasteiger partial charge in [-0.3, -0.25) is 14.0 Å². The summed E-state index contributed by atoms with van der Waals surface area (Å²) in [5.41, 5.74) is 2.39. The number of hydrogen-bond donors (Lipinski definition) is 1. The third kappa shape index (κ3) is 3.53. The lowest BCUT2D eigenvalue weighted by Crippen LogP contribution is -2.26. The van der Waals surface area contributed by atoms with Gasteiger partial charge in [-0.15, -0.1) is 11.3 Å². The van der Waals surface area contributed by atoms with Gasteiger partial charge in [-0.25, -0.2) is 4.98 Å². The maximum atomic E-state index is 13.2. The zero-order chi connectivity index (χ0) is 21.3. The fourth-order valence-electron chi connectivity index (χ4n) is 3.14. The van der Waals surface area contributed by atoms with Crippen LogP contribution in [0.1, 0.15) is 15.9 Å². The number of hydrogen-bond acceptors (Lipinski definition) is 6. The van der Waals surface area contributed by atoms with Crippen LogP contribution in [-0.2, 0) is 0 Å². The molecule has 4 rings (SSSR count). The summed E-state index contributed by atoms with van der Waals surface area (Å²) in [6.07, 6.45) is 1.31. The summed E-state index contributed by atoms with van der Waals surface area (Å²) in [5, 5.41) is 4.60. The SMILES string of the molecule is COc1cccc(-c2csc3ncc(C(=O)Nc4cc(C)ccc4OC)c(=O)n23)c1. The van der Waals surface area contributed by atoms with Crippen LogP contribution in [0.15, 0.2) is 58.8 Å². The standard InChI is InChI=1S/C22H19N3O4S/c1-13-7-8-19(29-3)17(9-13)24-20(26)16-11-23-22-25(21(16)27)18(12-30-22)14-5-4-6-15(10-14)28-2/h4-12H,1-3H3,(H,24,26). The van der Waals surface area contributed by atoms with Gasteiger partial charge in [-0.1, -0.05) is 18.2 Å². The number of aromatic nitrogens is 2. The average Bonchev–Trinajstić information content (AvgIpc) is 3.19. The van der Waals surface area contributed by atoms with Crippen LogP contribution in [0.2, 0.25) is 0 Å². The summed E-state index contributed by atoms with van der Waals surface area (Å²) in [6.45, 7) is 1.91. The van der Waals surface area contributed by atoms with E-state index in [1.165, 1.54) is 29.0 Å². The third-order valence-electron chi connectivity index (χ3n) is 4.66. The van der Waals surface area contributed by atoms with Gasteiger partial charge in [0.25, 0.3) is 11.5 Å². The zero-order valence-corrected chi connectivity index (χ0v) is 17.4. The molecule has 0 aliphatic heterocycles. The van der Waals surface area contributed by atoms with E-state index in [0.717, 1.165) is 11.1 Å². The normalized spacial score (nSPS) is 10.8. The minimum Gasteiger partial charge on any atom is -0.497 e. The van der Waals surface area contributed by atoms with E-state index in [9.17, 15) is 9.59 Å². The number of ether oxygens (including phenoxy) is 2. The number of rotatable bonds is 5. The van der Waals surface area contributed by atoms with Crippen molar-refractivity contribution in [1.82, 2.24) is 9.38 Å². The van der Waals surface area contributed by atoms with Crippen molar-refractivity contribution >= 4 is 27.9 Å². The van der Waals surface area contributed by atoms with E-state index in [4.69, 9.17) is 9.47 Å². The molecule has 152 valence electrons. The number of aryl methyl sites for hydroxylation is 1. The van der Waals surface area contributed by atoms with Crippen molar-refractivity contribution in [3.8, 4) is 22.8 Å². The topological polar surface area (TPSA) is 81.9 Å². The van der Waals surface area contributed by atoms with Gasteiger partial charge in [0, 0.05) is 17.1 Å². The van der Waals surface area contributed by atoms with Gasteiger partial charge in [0.15, 0.2) is 4.96 Å². The van der Waals surface area contributed by atoms with Crippen molar-refractivity contribution in [2.45, 2.75) is 6.92 Å². The first-order chi connectivity index (χ1) is 14.5. The van der Waals surface area contributed by atoms with Gasteiger partial charge in [-0.05, 0) is 36.8 Å². The molecule has 2 heterocycles. The van der Waals surface area contributed by atoms with Crippen LogP contribution in [-0.4, -0.2) is 29.5 Å². The van der Waals surface area contributed by atoms with Gasteiger partial charge in [0.2, 0.25) is 0 Å². The largest absolute Gasteiger partial charge is 0.497 e. The Kier molecular flexibility index (Phi) is 5.24. The Hall–Kier alpha value is -3.65. The molecule has 0 fully saturated rings. The smallest absolute Gasteiger partial charge is 0.271 e. The number of anilines is 1. The summed E-state index contributed by atoms with van der Waals surface area (Å²) in [7, 11) is 3.11. The molecule has 4 aromatic rings. The van der Waals surface area contributed by atoms with Crippen LogP contribution in [0.5, 0.6) is 11.5 Å². The molecule has 0 spiro atoms. The van der Waals surface area contributed by atoms with E-state index in [1.54, 1.807) is 19.2 Å². The molecule has 8 heteroatoms. The maximum absolute atomic E-state index is 13.2. The molecule has 0 aliphatic rings. The Labute approximate surface area is 176 Å². The van der Waals surface area contributed by atoms with E-state index in [1.807, 2.05) is 42.6 Å². The first kappa shape index (κ1) is 19.7. The predicted molar refractivity (Wildman–Crippen MR) is 117 cm³/mol. The average molecular weight is 421 g/mol. The summed E-state index contributed by atoms with van der Waals surface area (Å²) in [4.78, 5) is 30.9. The van der Waals surface area contributed by atoms with Crippen molar-refractivity contribution in [2.24, 2.45) is 0 Å². The van der Waals surface area contributed by atoms with Crippen LogP contribution >= 0.6 is 11.3 Å². The highest BCUT2D eigenvalue weighted by Gasteiger charge is 2.18. The van der Waals surface area contributed by atoms with Gasteiger partial charge in [-0.2, -0.15) is 0 Å². The number of carbonyl (C=O) groups excluding carboxylic acids is 1. The molecule has 7 nitrogen and oxygen atoms in total. The monoisotopic (exact) mass is 421 g/mol. The molecular weight excluding hydrogens is 402 g/mol. The van der Waals surface area contributed by atoms with Crippen molar-refractivity contribution in [1.29, 1.82) is 0 Å². The first-order valence-electron chi connectivity index (χ1n) is 9.11. The molecule has 0 saturated heterocycles. The van der Waals surface area contributed by atoms with E-state index >= 15 is 0 Å². The summed E-state index contributed by atoms with van der Waals surface area (Å²) in [5.74, 6) is 0.637. The van der Waals surface area contributed by atoms with Crippen molar-refractivity contribution in [2.75, 3.05) is 19.5 Å². The van der Waals surface area contributed by atoms with Crippen LogP contribution < -0.4 is 20.3 Å². The molecule has 0 bridgehead atoms. The Balaban J connectivity index is 1.78. The highest BCUT2D eigenvalue weighted by Crippen LogP contribution is 2.28. The molecule has 0 atom stereocenters. The minimum absolute atomic E-state index is 0.0568. The molecular formula is C22H19N3O4S. The molecule has 1 amide bonds. The summed E-state index contributed by atoms with van der Waals surface area (Å²) in [6, 6.07) is 12.8. The minimum atomic E-state index is -0.548. The highest BCUT2D eigenvalue weighted by molar-refractivity contribution is 7.15. The molecule has 0 saturated carbocycles. The van der Waals surface area contributed by atoms with Crippen LogP contribution in [0.3, 0.4) is 0 Å². The number of methoxy groups -OCH3 is 2. The zero-order valence-electron chi connectivity index (χ0n) is 16.6. The Bertz CT molecular complexity index is 1310. The second-order valence-electron chi connectivity index (χ2n) is 6.61.